The second-order valence-corrected chi connectivity index (χ2v) is 3.88. The molecule has 3 nitrogen and oxygen atoms in total. The van der Waals surface area contributed by atoms with E-state index in [9.17, 15) is 4.79 Å². The summed E-state index contributed by atoms with van der Waals surface area (Å²) in [6.45, 7) is 3.91. The van der Waals surface area contributed by atoms with E-state index in [0.717, 1.165) is 18.5 Å². The van der Waals surface area contributed by atoms with Crippen LogP contribution in [0.25, 0.3) is 0 Å². The van der Waals surface area contributed by atoms with Gasteiger partial charge >= 0.3 is 5.97 Å². The molecule has 0 spiro atoms. The van der Waals surface area contributed by atoms with E-state index in [1.165, 1.54) is 23.3 Å². The average Bonchev–Trinajstić information content (AvgIpc) is 2.59. The summed E-state index contributed by atoms with van der Waals surface area (Å²) in [4.78, 5) is 13.0. The van der Waals surface area contributed by atoms with Gasteiger partial charge in [0.25, 0.3) is 0 Å². The van der Waals surface area contributed by atoms with Crippen LogP contribution < -0.4 is 5.32 Å². The molecule has 2 radical (unpaired) electrons. The molecule has 0 atom stereocenters. The van der Waals surface area contributed by atoms with Crippen LogP contribution in [0, 0.1) is 6.54 Å². The number of hydrogen-bond acceptors (Lipinski definition) is 4. The van der Waals surface area contributed by atoms with E-state index in [-0.39, 0.29) is 5.97 Å². The zero-order chi connectivity index (χ0) is 9.26. The van der Waals surface area contributed by atoms with Gasteiger partial charge in [0.1, 0.15) is 4.88 Å². The summed E-state index contributed by atoms with van der Waals surface area (Å²) in [6, 6.07) is 1.82. The van der Waals surface area contributed by atoms with Crippen molar-refractivity contribution in [1.29, 1.82) is 0 Å². The molecule has 0 saturated carbocycles. The highest BCUT2D eigenvalue weighted by molar-refractivity contribution is 7.14. The van der Waals surface area contributed by atoms with E-state index in [1.54, 1.807) is 0 Å². The molecule has 1 aromatic heterocycles. The van der Waals surface area contributed by atoms with E-state index < -0.39 is 0 Å². The van der Waals surface area contributed by atoms with Crippen molar-refractivity contribution < 1.29 is 9.53 Å². The van der Waals surface area contributed by atoms with Crippen molar-refractivity contribution in [3.63, 3.8) is 0 Å². The van der Waals surface area contributed by atoms with E-state index >= 15 is 0 Å². The highest BCUT2D eigenvalue weighted by atomic mass is 32.1. The molecule has 1 aliphatic rings. The lowest BCUT2D eigenvalue weighted by Crippen LogP contribution is -2.19. The van der Waals surface area contributed by atoms with Gasteiger partial charge in [-0.15, -0.1) is 11.3 Å². The molecule has 0 fully saturated rings. The fraction of sp³-hybridized carbons (Fsp3) is 0.333. The van der Waals surface area contributed by atoms with Crippen LogP contribution in [-0.4, -0.2) is 19.6 Å². The largest absolute Gasteiger partial charge is 0.465 e. The van der Waals surface area contributed by atoms with Gasteiger partial charge in [0.05, 0.1) is 13.7 Å². The standard InChI is InChI=1S/C9H9NO2S/c1-12-9(11)8-4-6-5-10-3-2-7(6)13-8/h4,10H,2-3H2,1H3. The first-order valence-electron chi connectivity index (χ1n) is 4.01. The molecule has 68 valence electrons. The molecule has 2 heterocycles. The van der Waals surface area contributed by atoms with E-state index in [4.69, 9.17) is 0 Å². The Kier molecular flexibility index (Phi) is 2.33. The van der Waals surface area contributed by atoms with Gasteiger partial charge in [0.2, 0.25) is 0 Å². The Hall–Kier alpha value is -0.870. The van der Waals surface area contributed by atoms with E-state index in [2.05, 4.69) is 16.6 Å². The van der Waals surface area contributed by atoms with Gasteiger partial charge < -0.3 is 10.1 Å². The van der Waals surface area contributed by atoms with Crippen LogP contribution in [0.4, 0.5) is 0 Å². The smallest absolute Gasteiger partial charge is 0.348 e. The first-order valence-corrected chi connectivity index (χ1v) is 4.83. The lowest BCUT2D eigenvalue weighted by atomic mass is 10.1. The Bertz CT molecular complexity index is 309. The number of methoxy groups -OCH3 is 1. The number of carbonyl (C=O) groups excluding carboxylic acids is 1. The number of rotatable bonds is 1. The number of ether oxygens (including phenoxy) is 1. The van der Waals surface area contributed by atoms with Gasteiger partial charge in [-0.05, 0) is 18.1 Å². The Balaban J connectivity index is 2.30. The van der Waals surface area contributed by atoms with Gasteiger partial charge in [-0.3, -0.25) is 0 Å². The van der Waals surface area contributed by atoms with Gasteiger partial charge in [-0.25, -0.2) is 4.79 Å². The SMILES string of the molecule is COC(=O)c1cc2c(s1)CCN[C]2. The summed E-state index contributed by atoms with van der Waals surface area (Å²) in [5.41, 5.74) is 0.997. The fourth-order valence-electron chi connectivity index (χ4n) is 1.26. The first-order chi connectivity index (χ1) is 6.31. The summed E-state index contributed by atoms with van der Waals surface area (Å²) >= 11 is 1.49. The number of carbonyl (C=O) groups is 1. The van der Waals surface area contributed by atoms with Crippen LogP contribution in [0.1, 0.15) is 20.1 Å². The quantitative estimate of drug-likeness (QED) is 0.681. The molecule has 13 heavy (non-hydrogen) atoms. The molecule has 1 N–H and O–H groups in total. The molecule has 1 aliphatic heterocycles. The van der Waals surface area contributed by atoms with Crippen LogP contribution in [-0.2, 0) is 11.2 Å². The molecular weight excluding hydrogens is 186 g/mol. The Labute approximate surface area is 80.7 Å². The molecule has 0 bridgehead atoms. The average molecular weight is 195 g/mol. The van der Waals surface area contributed by atoms with Gasteiger partial charge in [-0.1, -0.05) is 0 Å². The maximum Gasteiger partial charge on any atom is 0.348 e. The van der Waals surface area contributed by atoms with Gasteiger partial charge in [-0.2, -0.15) is 0 Å². The third-order valence-electron chi connectivity index (χ3n) is 1.90. The van der Waals surface area contributed by atoms with Crippen LogP contribution in [0.5, 0.6) is 0 Å². The Morgan fingerprint density at radius 1 is 1.77 bits per heavy atom. The number of esters is 1. The number of fused-ring (bicyclic) bond motifs is 1. The maximum atomic E-state index is 11.2. The monoisotopic (exact) mass is 195 g/mol. The molecule has 2 rings (SSSR count). The summed E-state index contributed by atoms with van der Waals surface area (Å²) in [5, 5.41) is 3.02. The van der Waals surface area contributed by atoms with Gasteiger partial charge in [0, 0.05) is 11.4 Å². The van der Waals surface area contributed by atoms with Crippen LogP contribution in [0.2, 0.25) is 0 Å². The summed E-state index contributed by atoms with van der Waals surface area (Å²) in [6.07, 6.45) is 0.962. The molecule has 0 saturated heterocycles. The third-order valence-corrected chi connectivity index (χ3v) is 3.07. The van der Waals surface area contributed by atoms with E-state index in [0.29, 0.717) is 4.88 Å². The van der Waals surface area contributed by atoms with Crippen molar-refractivity contribution in [3.8, 4) is 0 Å². The highest BCUT2D eigenvalue weighted by Gasteiger charge is 2.17. The first kappa shape index (κ1) is 8.72. The lowest BCUT2D eigenvalue weighted by Gasteiger charge is -2.09. The van der Waals surface area contributed by atoms with Crippen molar-refractivity contribution in [1.82, 2.24) is 5.32 Å². The molecule has 1 aromatic rings. The fourth-order valence-corrected chi connectivity index (χ4v) is 2.29. The Morgan fingerprint density at radius 2 is 2.62 bits per heavy atom. The zero-order valence-corrected chi connectivity index (χ0v) is 8.03. The maximum absolute atomic E-state index is 11.2. The predicted octanol–water partition coefficient (Wildman–Crippen LogP) is 1.07. The minimum absolute atomic E-state index is 0.263. The molecular formula is C9H9NO2S. The predicted molar refractivity (Wildman–Crippen MR) is 49.7 cm³/mol. The van der Waals surface area contributed by atoms with Crippen molar-refractivity contribution in [2.24, 2.45) is 0 Å². The summed E-state index contributed by atoms with van der Waals surface area (Å²) < 4.78 is 4.64. The minimum atomic E-state index is -0.263. The lowest BCUT2D eigenvalue weighted by molar-refractivity contribution is 0.0606. The molecule has 4 heteroatoms. The Morgan fingerprint density at radius 3 is 3.31 bits per heavy atom. The second kappa shape index (κ2) is 3.47. The zero-order valence-electron chi connectivity index (χ0n) is 7.22. The van der Waals surface area contributed by atoms with Gasteiger partial charge in [0.15, 0.2) is 0 Å². The minimum Gasteiger partial charge on any atom is -0.465 e. The van der Waals surface area contributed by atoms with Crippen molar-refractivity contribution in [3.05, 3.63) is 27.9 Å². The highest BCUT2D eigenvalue weighted by Crippen LogP contribution is 2.26. The number of hydrogen-bond donors (Lipinski definition) is 1. The second-order valence-electron chi connectivity index (χ2n) is 2.74. The molecule has 0 amide bonds. The molecule has 0 aliphatic carbocycles. The van der Waals surface area contributed by atoms with E-state index in [1.807, 2.05) is 6.07 Å². The normalized spacial score (nSPS) is 15.2. The summed E-state index contributed by atoms with van der Waals surface area (Å²) in [5.74, 6) is -0.263. The topological polar surface area (TPSA) is 38.3 Å². The molecule has 0 aromatic carbocycles. The number of thiophene rings is 1. The van der Waals surface area contributed by atoms with Crippen molar-refractivity contribution in [2.45, 2.75) is 6.42 Å². The van der Waals surface area contributed by atoms with Crippen LogP contribution in [0.3, 0.4) is 0 Å². The van der Waals surface area contributed by atoms with Crippen molar-refractivity contribution >= 4 is 17.3 Å². The number of nitrogens with one attached hydrogen (secondary N) is 1. The van der Waals surface area contributed by atoms with Crippen LogP contribution in [0.15, 0.2) is 6.07 Å². The van der Waals surface area contributed by atoms with Crippen molar-refractivity contribution in [2.75, 3.05) is 13.7 Å². The third kappa shape index (κ3) is 1.59. The molecule has 0 unspecified atom stereocenters. The van der Waals surface area contributed by atoms with Crippen LogP contribution >= 0.6 is 11.3 Å². The summed E-state index contributed by atoms with van der Waals surface area (Å²) in [7, 11) is 1.40.